The van der Waals surface area contributed by atoms with Gasteiger partial charge in [0.25, 0.3) is 5.91 Å². The average molecular weight is 447 g/mol. The molecule has 2 aliphatic rings. The molecule has 0 spiro atoms. The number of nitrogens with one attached hydrogen (secondary N) is 2. The van der Waals surface area contributed by atoms with Crippen molar-refractivity contribution in [3.05, 3.63) is 69.2 Å². The average Bonchev–Trinajstić information content (AvgIpc) is 3.23. The summed E-state index contributed by atoms with van der Waals surface area (Å²) in [5.41, 5.74) is 3.36. The Morgan fingerprint density at radius 2 is 2.10 bits per heavy atom. The third-order valence-electron chi connectivity index (χ3n) is 5.83. The lowest BCUT2D eigenvalue weighted by atomic mass is 9.76. The van der Waals surface area contributed by atoms with Crippen LogP contribution in [0, 0.1) is 5.92 Å². The van der Waals surface area contributed by atoms with Gasteiger partial charge in [-0.15, -0.1) is 0 Å². The molecule has 0 saturated carbocycles. The number of ether oxygens (including phenoxy) is 1. The molecule has 0 radical (unpaired) electrons. The van der Waals surface area contributed by atoms with E-state index in [4.69, 9.17) is 27.9 Å². The quantitative estimate of drug-likeness (QED) is 0.416. The molecule has 158 valence electrons. The Bertz CT molecular complexity index is 993. The van der Waals surface area contributed by atoms with Gasteiger partial charge < -0.3 is 20.5 Å². The number of amides is 1. The van der Waals surface area contributed by atoms with Crippen LogP contribution in [0.3, 0.4) is 0 Å². The van der Waals surface area contributed by atoms with Gasteiger partial charge in [-0.2, -0.15) is 0 Å². The number of methoxy groups -OCH3 is 1. The zero-order chi connectivity index (χ0) is 21.3. The monoisotopic (exact) mass is 446 g/mol. The number of aromatic hydroxyl groups is 1. The van der Waals surface area contributed by atoms with E-state index in [0.29, 0.717) is 29.3 Å². The van der Waals surface area contributed by atoms with Gasteiger partial charge in [-0.25, -0.2) is 0 Å². The van der Waals surface area contributed by atoms with Crippen molar-refractivity contribution in [3.63, 3.8) is 0 Å². The number of hydrogen-bond acceptors (Lipinski definition) is 4. The predicted octanol–water partition coefficient (Wildman–Crippen LogP) is 5.29. The Labute approximate surface area is 186 Å². The van der Waals surface area contributed by atoms with Crippen LogP contribution in [0.1, 0.15) is 46.3 Å². The molecule has 30 heavy (non-hydrogen) atoms. The minimum atomic E-state index is -0.137. The van der Waals surface area contributed by atoms with E-state index in [-0.39, 0.29) is 34.6 Å². The van der Waals surface area contributed by atoms with Crippen molar-refractivity contribution in [2.45, 2.75) is 24.8 Å². The number of halogens is 2. The molecule has 4 rings (SSSR count). The van der Waals surface area contributed by atoms with E-state index in [1.165, 1.54) is 0 Å². The van der Waals surface area contributed by atoms with Crippen LogP contribution < -0.4 is 10.6 Å². The number of allylic oxidation sites excluding steroid dienone is 2. The lowest BCUT2D eigenvalue weighted by Crippen LogP contribution is -2.30. The number of anilines is 1. The van der Waals surface area contributed by atoms with E-state index in [0.717, 1.165) is 24.1 Å². The smallest absolute Gasteiger partial charge is 0.251 e. The molecule has 0 aromatic heterocycles. The number of hydrogen-bond donors (Lipinski definition) is 3. The van der Waals surface area contributed by atoms with Gasteiger partial charge in [-0.05, 0) is 54.7 Å². The zero-order valence-corrected chi connectivity index (χ0v) is 18.1. The summed E-state index contributed by atoms with van der Waals surface area (Å²) in [6, 6.07) is 8.88. The molecule has 7 heteroatoms. The Hall–Kier alpha value is -2.21. The Morgan fingerprint density at radius 1 is 1.27 bits per heavy atom. The fourth-order valence-electron chi connectivity index (χ4n) is 4.39. The van der Waals surface area contributed by atoms with Crippen LogP contribution in [0.5, 0.6) is 5.75 Å². The summed E-state index contributed by atoms with van der Waals surface area (Å²) in [6.45, 7) is 1.19. The van der Waals surface area contributed by atoms with Crippen LogP contribution in [0.15, 0.2) is 42.5 Å². The van der Waals surface area contributed by atoms with Gasteiger partial charge >= 0.3 is 0 Å². The number of fused-ring (bicyclic) bond motifs is 3. The SMILES string of the molecule is COCCCNC(=O)c1ccc2c(c1)C1C=CCC1C(c1cc(Cl)cc(Cl)c1O)N2. The topological polar surface area (TPSA) is 70.6 Å². The molecule has 0 bridgehead atoms. The summed E-state index contributed by atoms with van der Waals surface area (Å²) < 4.78 is 5.02. The molecular formula is C23H24Cl2N2O3. The summed E-state index contributed by atoms with van der Waals surface area (Å²) in [5, 5.41) is 17.8. The van der Waals surface area contributed by atoms with E-state index < -0.39 is 0 Å². The molecule has 5 nitrogen and oxygen atoms in total. The molecule has 3 unspecified atom stereocenters. The fourth-order valence-corrected chi connectivity index (χ4v) is 4.90. The van der Waals surface area contributed by atoms with E-state index in [2.05, 4.69) is 22.8 Å². The van der Waals surface area contributed by atoms with Crippen molar-refractivity contribution in [2.75, 3.05) is 25.6 Å². The van der Waals surface area contributed by atoms with Crippen LogP contribution in [-0.2, 0) is 4.74 Å². The number of rotatable bonds is 6. The third kappa shape index (κ3) is 4.02. The molecule has 3 N–H and O–H groups in total. The third-order valence-corrected chi connectivity index (χ3v) is 6.33. The van der Waals surface area contributed by atoms with Gasteiger partial charge in [0.2, 0.25) is 0 Å². The summed E-state index contributed by atoms with van der Waals surface area (Å²) >= 11 is 12.4. The van der Waals surface area contributed by atoms with Gasteiger partial charge in [0.1, 0.15) is 5.75 Å². The first-order valence-electron chi connectivity index (χ1n) is 10.0. The fraction of sp³-hybridized carbons (Fsp3) is 0.348. The van der Waals surface area contributed by atoms with Crippen molar-refractivity contribution < 1.29 is 14.6 Å². The molecule has 3 atom stereocenters. The van der Waals surface area contributed by atoms with Crippen molar-refractivity contribution in [1.82, 2.24) is 5.32 Å². The van der Waals surface area contributed by atoms with Gasteiger partial charge in [-0.1, -0.05) is 35.4 Å². The molecular weight excluding hydrogens is 423 g/mol. The molecule has 0 saturated heterocycles. The first kappa shape index (κ1) is 21.0. The normalized spacial score (nSPS) is 21.6. The van der Waals surface area contributed by atoms with Crippen molar-refractivity contribution in [3.8, 4) is 5.75 Å². The van der Waals surface area contributed by atoms with Gasteiger partial charge in [0, 0.05) is 48.0 Å². The van der Waals surface area contributed by atoms with Crippen LogP contribution in [0.25, 0.3) is 0 Å². The Morgan fingerprint density at radius 3 is 2.90 bits per heavy atom. The molecule has 2 aromatic carbocycles. The number of phenolic OH excluding ortho intramolecular Hbond substituents is 1. The molecule has 2 aromatic rings. The van der Waals surface area contributed by atoms with Crippen molar-refractivity contribution in [2.24, 2.45) is 5.92 Å². The minimum Gasteiger partial charge on any atom is -0.506 e. The molecule has 1 aliphatic heterocycles. The van der Waals surface area contributed by atoms with Crippen molar-refractivity contribution >= 4 is 34.8 Å². The summed E-state index contributed by atoms with van der Waals surface area (Å²) in [6.07, 6.45) is 5.97. The van der Waals surface area contributed by atoms with E-state index in [9.17, 15) is 9.90 Å². The summed E-state index contributed by atoms with van der Waals surface area (Å²) in [7, 11) is 1.65. The minimum absolute atomic E-state index is 0.0553. The lowest BCUT2D eigenvalue weighted by Gasteiger charge is -2.38. The van der Waals surface area contributed by atoms with E-state index >= 15 is 0 Å². The highest BCUT2D eigenvalue weighted by Crippen LogP contribution is 2.52. The second-order valence-electron chi connectivity index (χ2n) is 7.71. The largest absolute Gasteiger partial charge is 0.506 e. The molecule has 1 aliphatic carbocycles. The lowest BCUT2D eigenvalue weighted by molar-refractivity contribution is 0.0948. The van der Waals surface area contributed by atoms with Gasteiger partial charge in [0.05, 0.1) is 11.1 Å². The molecule has 0 fully saturated rings. The van der Waals surface area contributed by atoms with Gasteiger partial charge in [-0.3, -0.25) is 4.79 Å². The number of carbonyl (C=O) groups excluding carboxylic acids is 1. The number of benzene rings is 2. The summed E-state index contributed by atoms with van der Waals surface area (Å²) in [4.78, 5) is 12.5. The van der Waals surface area contributed by atoms with Crippen LogP contribution >= 0.6 is 23.2 Å². The molecule has 1 heterocycles. The van der Waals surface area contributed by atoms with E-state index in [1.807, 2.05) is 18.2 Å². The molecule has 1 amide bonds. The maximum absolute atomic E-state index is 12.5. The highest BCUT2D eigenvalue weighted by molar-refractivity contribution is 6.35. The summed E-state index contributed by atoms with van der Waals surface area (Å²) in [5.74, 6) is 0.302. The Kier molecular flexibility index (Phi) is 6.23. The maximum Gasteiger partial charge on any atom is 0.251 e. The maximum atomic E-state index is 12.5. The Balaban J connectivity index is 1.62. The first-order valence-corrected chi connectivity index (χ1v) is 10.8. The predicted molar refractivity (Wildman–Crippen MR) is 120 cm³/mol. The van der Waals surface area contributed by atoms with Gasteiger partial charge in [0.15, 0.2) is 0 Å². The van der Waals surface area contributed by atoms with Crippen LogP contribution in [0.4, 0.5) is 5.69 Å². The number of carbonyl (C=O) groups is 1. The van der Waals surface area contributed by atoms with Crippen LogP contribution in [-0.4, -0.2) is 31.3 Å². The van der Waals surface area contributed by atoms with Crippen molar-refractivity contribution in [1.29, 1.82) is 0 Å². The van der Waals surface area contributed by atoms with E-state index in [1.54, 1.807) is 19.2 Å². The first-order chi connectivity index (χ1) is 14.5. The number of phenols is 1. The zero-order valence-electron chi connectivity index (χ0n) is 16.6. The van der Waals surface area contributed by atoms with Crippen LogP contribution in [0.2, 0.25) is 10.0 Å². The highest BCUT2D eigenvalue weighted by Gasteiger charge is 2.39. The second kappa shape index (κ2) is 8.88. The standard InChI is InChI=1S/C23H24Cl2N2O3/c1-30-9-3-8-26-23(29)13-6-7-20-17(10-13)15-4-2-5-16(15)21(27-20)18-11-14(24)12-19(25)22(18)28/h2,4,6-7,10-12,15-16,21,27-28H,3,5,8-9H2,1H3,(H,26,29). The second-order valence-corrected chi connectivity index (χ2v) is 8.55. The highest BCUT2D eigenvalue weighted by atomic mass is 35.5.